The van der Waals surface area contributed by atoms with Crippen LogP contribution in [0, 0.1) is 6.92 Å². The number of nitrogen functional groups attached to an aromatic ring is 1. The summed E-state index contributed by atoms with van der Waals surface area (Å²) < 4.78 is 0. The Morgan fingerprint density at radius 3 is 2.48 bits per heavy atom. The Labute approximate surface area is 133 Å². The summed E-state index contributed by atoms with van der Waals surface area (Å²) in [6, 6.07) is 6.84. The van der Waals surface area contributed by atoms with Gasteiger partial charge in [0.15, 0.2) is 0 Å². The lowest BCUT2D eigenvalue weighted by atomic mass is 10.1. The van der Waals surface area contributed by atoms with Crippen molar-refractivity contribution >= 4 is 34.8 Å². The monoisotopic (exact) mass is 323 g/mol. The van der Waals surface area contributed by atoms with Crippen LogP contribution in [0.25, 0.3) is 0 Å². The van der Waals surface area contributed by atoms with E-state index in [1.165, 1.54) is 6.20 Å². The van der Waals surface area contributed by atoms with Crippen LogP contribution in [-0.4, -0.2) is 22.8 Å². The van der Waals surface area contributed by atoms with Gasteiger partial charge in [-0.2, -0.15) is 0 Å². The van der Waals surface area contributed by atoms with Crippen molar-refractivity contribution in [2.45, 2.75) is 13.5 Å². The van der Waals surface area contributed by atoms with Crippen molar-refractivity contribution in [1.82, 2.24) is 9.88 Å². The van der Waals surface area contributed by atoms with Gasteiger partial charge in [0.1, 0.15) is 0 Å². The van der Waals surface area contributed by atoms with Crippen LogP contribution in [0.5, 0.6) is 0 Å². The fraction of sp³-hybridized carbons (Fsp3) is 0.200. The molecule has 6 heteroatoms. The summed E-state index contributed by atoms with van der Waals surface area (Å²) in [5.74, 6) is -0.150. The lowest BCUT2D eigenvalue weighted by Gasteiger charge is -2.18. The highest BCUT2D eigenvalue weighted by Gasteiger charge is 2.16. The Balaban J connectivity index is 2.21. The Hall–Kier alpha value is -1.78. The maximum absolute atomic E-state index is 12.5. The molecule has 0 radical (unpaired) electrons. The van der Waals surface area contributed by atoms with Crippen molar-refractivity contribution in [2.75, 3.05) is 12.8 Å². The van der Waals surface area contributed by atoms with Gasteiger partial charge < -0.3 is 10.6 Å². The van der Waals surface area contributed by atoms with E-state index >= 15 is 0 Å². The molecule has 110 valence electrons. The molecule has 0 spiro atoms. The summed E-state index contributed by atoms with van der Waals surface area (Å²) >= 11 is 11.9. The Kier molecular flexibility index (Phi) is 4.70. The molecular weight excluding hydrogens is 309 g/mol. The number of nitrogens with zero attached hydrogens (tertiary/aromatic N) is 2. The number of carbonyl (C=O) groups excluding carboxylic acids is 1. The van der Waals surface area contributed by atoms with Gasteiger partial charge in [0, 0.05) is 23.6 Å². The van der Waals surface area contributed by atoms with Gasteiger partial charge >= 0.3 is 0 Å². The second-order valence-corrected chi connectivity index (χ2v) is 5.71. The molecule has 0 saturated heterocycles. The molecule has 0 fully saturated rings. The molecule has 0 aliphatic heterocycles. The molecule has 1 aromatic heterocycles. The molecule has 4 nitrogen and oxygen atoms in total. The predicted molar refractivity (Wildman–Crippen MR) is 85.6 cm³/mol. The van der Waals surface area contributed by atoms with Crippen LogP contribution in [0.3, 0.4) is 0 Å². The minimum Gasteiger partial charge on any atom is -0.397 e. The number of aryl methyl sites for hydroxylation is 1. The number of halogens is 2. The third-order valence-corrected chi connectivity index (χ3v) is 3.46. The molecule has 2 rings (SSSR count). The third kappa shape index (κ3) is 3.86. The molecule has 1 heterocycles. The molecule has 0 unspecified atom stereocenters. The first-order valence-corrected chi connectivity index (χ1v) is 7.05. The van der Waals surface area contributed by atoms with Crippen LogP contribution in [-0.2, 0) is 6.54 Å². The molecule has 0 aliphatic rings. The van der Waals surface area contributed by atoms with Gasteiger partial charge in [0.25, 0.3) is 5.91 Å². The number of hydrogen-bond acceptors (Lipinski definition) is 3. The van der Waals surface area contributed by atoms with E-state index in [1.54, 1.807) is 43.1 Å². The Bertz CT molecular complexity index is 668. The number of aromatic nitrogens is 1. The predicted octanol–water partition coefficient (Wildman–Crippen LogP) is 3.55. The largest absolute Gasteiger partial charge is 0.397 e. The van der Waals surface area contributed by atoms with Crippen LogP contribution >= 0.6 is 23.2 Å². The molecule has 21 heavy (non-hydrogen) atoms. The zero-order valence-electron chi connectivity index (χ0n) is 11.7. The van der Waals surface area contributed by atoms with E-state index in [-0.39, 0.29) is 5.91 Å². The number of pyridine rings is 1. The first kappa shape index (κ1) is 15.6. The fourth-order valence-electron chi connectivity index (χ4n) is 2.02. The van der Waals surface area contributed by atoms with Crippen molar-refractivity contribution < 1.29 is 4.79 Å². The number of anilines is 1. The minimum atomic E-state index is -0.150. The van der Waals surface area contributed by atoms with E-state index in [9.17, 15) is 4.79 Å². The van der Waals surface area contributed by atoms with E-state index in [4.69, 9.17) is 28.9 Å². The first-order chi connectivity index (χ1) is 9.86. The van der Waals surface area contributed by atoms with Gasteiger partial charge in [0.2, 0.25) is 0 Å². The van der Waals surface area contributed by atoms with Crippen molar-refractivity contribution in [2.24, 2.45) is 0 Å². The zero-order chi connectivity index (χ0) is 15.6. The molecule has 2 N–H and O–H groups in total. The molecule has 0 saturated carbocycles. The summed E-state index contributed by atoms with van der Waals surface area (Å²) in [6.07, 6.45) is 1.53. The number of rotatable bonds is 3. The Morgan fingerprint density at radius 2 is 1.86 bits per heavy atom. The molecule has 0 aliphatic carbocycles. The summed E-state index contributed by atoms with van der Waals surface area (Å²) in [6.45, 7) is 2.17. The van der Waals surface area contributed by atoms with Gasteiger partial charge in [0.05, 0.1) is 23.1 Å². The SMILES string of the molecule is Cc1ncc(N)cc1C(=O)N(C)Cc1cc(Cl)cc(Cl)c1. The van der Waals surface area contributed by atoms with Crippen LogP contribution < -0.4 is 5.73 Å². The van der Waals surface area contributed by atoms with Crippen molar-refractivity contribution in [3.05, 3.63) is 57.3 Å². The number of carbonyl (C=O) groups is 1. The number of nitrogens with two attached hydrogens (primary N) is 1. The quantitative estimate of drug-likeness (QED) is 0.939. The summed E-state index contributed by atoms with van der Waals surface area (Å²) in [7, 11) is 1.71. The van der Waals surface area contributed by atoms with Crippen LogP contribution in [0.1, 0.15) is 21.6 Å². The van der Waals surface area contributed by atoms with Gasteiger partial charge in [-0.25, -0.2) is 0 Å². The van der Waals surface area contributed by atoms with Crippen LogP contribution in [0.15, 0.2) is 30.5 Å². The second kappa shape index (κ2) is 6.33. The summed E-state index contributed by atoms with van der Waals surface area (Å²) in [4.78, 5) is 18.1. The van der Waals surface area contributed by atoms with Gasteiger partial charge in [-0.15, -0.1) is 0 Å². The molecule has 2 aromatic rings. The smallest absolute Gasteiger partial charge is 0.255 e. The summed E-state index contributed by atoms with van der Waals surface area (Å²) in [5.41, 5.74) is 8.14. The Morgan fingerprint density at radius 1 is 1.24 bits per heavy atom. The highest BCUT2D eigenvalue weighted by atomic mass is 35.5. The highest BCUT2D eigenvalue weighted by molar-refractivity contribution is 6.34. The lowest BCUT2D eigenvalue weighted by molar-refractivity contribution is 0.0784. The molecule has 0 bridgehead atoms. The standard InChI is InChI=1S/C15H15Cl2N3O/c1-9-14(6-13(18)7-19-9)15(21)20(2)8-10-3-11(16)5-12(17)4-10/h3-7H,8,18H2,1-2H3. The molecular formula is C15H15Cl2N3O. The minimum absolute atomic E-state index is 0.150. The zero-order valence-corrected chi connectivity index (χ0v) is 13.2. The molecule has 1 amide bonds. The topological polar surface area (TPSA) is 59.2 Å². The number of amides is 1. The van der Waals surface area contributed by atoms with E-state index in [1.807, 2.05) is 0 Å². The van der Waals surface area contributed by atoms with E-state index < -0.39 is 0 Å². The average Bonchev–Trinajstić information content (AvgIpc) is 2.39. The van der Waals surface area contributed by atoms with Gasteiger partial charge in [-0.05, 0) is 36.8 Å². The maximum atomic E-state index is 12.5. The van der Waals surface area contributed by atoms with E-state index in [0.29, 0.717) is 33.5 Å². The highest BCUT2D eigenvalue weighted by Crippen LogP contribution is 2.21. The number of benzene rings is 1. The third-order valence-electron chi connectivity index (χ3n) is 3.03. The molecule has 1 aromatic carbocycles. The van der Waals surface area contributed by atoms with Gasteiger partial charge in [-0.1, -0.05) is 23.2 Å². The summed E-state index contributed by atoms with van der Waals surface area (Å²) in [5, 5.41) is 1.08. The second-order valence-electron chi connectivity index (χ2n) is 4.84. The normalized spacial score (nSPS) is 10.5. The fourth-order valence-corrected chi connectivity index (χ4v) is 2.59. The molecule has 0 atom stereocenters. The first-order valence-electron chi connectivity index (χ1n) is 6.29. The maximum Gasteiger partial charge on any atom is 0.255 e. The van der Waals surface area contributed by atoms with Crippen molar-refractivity contribution in [3.8, 4) is 0 Å². The van der Waals surface area contributed by atoms with Crippen LogP contribution in [0.2, 0.25) is 10.0 Å². The number of hydrogen-bond donors (Lipinski definition) is 1. The van der Waals surface area contributed by atoms with Gasteiger partial charge in [-0.3, -0.25) is 9.78 Å². The average molecular weight is 324 g/mol. The van der Waals surface area contributed by atoms with E-state index in [2.05, 4.69) is 4.98 Å². The van der Waals surface area contributed by atoms with Crippen LogP contribution in [0.4, 0.5) is 5.69 Å². The lowest BCUT2D eigenvalue weighted by Crippen LogP contribution is -2.27. The van der Waals surface area contributed by atoms with E-state index in [0.717, 1.165) is 5.56 Å². The van der Waals surface area contributed by atoms with Crippen molar-refractivity contribution in [1.29, 1.82) is 0 Å². The van der Waals surface area contributed by atoms with Crippen molar-refractivity contribution in [3.63, 3.8) is 0 Å².